The number of esters is 1. The van der Waals surface area contributed by atoms with Crippen LogP contribution in [0.5, 0.6) is 11.5 Å². The third-order valence-electron chi connectivity index (χ3n) is 3.71. The number of hydrogen-bond donors (Lipinski definition) is 1. The van der Waals surface area contributed by atoms with Crippen molar-refractivity contribution < 1.29 is 23.8 Å². The number of anilines is 1. The van der Waals surface area contributed by atoms with Gasteiger partial charge < -0.3 is 24.1 Å². The minimum absolute atomic E-state index is 0.0162. The van der Waals surface area contributed by atoms with Crippen LogP contribution in [0.15, 0.2) is 28.4 Å². The Morgan fingerprint density at radius 2 is 1.86 bits per heavy atom. The van der Waals surface area contributed by atoms with E-state index in [-0.39, 0.29) is 17.8 Å². The minimum Gasteiger partial charge on any atom is -0.490 e. The van der Waals surface area contributed by atoms with E-state index in [0.717, 1.165) is 17.0 Å². The molecule has 2 rings (SSSR count). The molecule has 0 spiro atoms. The molecular formula is C19H24N2O6S. The van der Waals surface area contributed by atoms with Crippen molar-refractivity contribution in [1.29, 1.82) is 0 Å². The molecule has 0 aliphatic carbocycles. The highest BCUT2D eigenvalue weighted by molar-refractivity contribution is 7.07. The molecule has 0 aliphatic heterocycles. The molecule has 1 aromatic heterocycles. The van der Waals surface area contributed by atoms with E-state index in [0.29, 0.717) is 30.4 Å². The van der Waals surface area contributed by atoms with E-state index in [9.17, 15) is 14.4 Å². The molecule has 0 fully saturated rings. The number of aromatic nitrogens is 1. The maximum absolute atomic E-state index is 12.0. The number of hydrogen-bond acceptors (Lipinski definition) is 7. The summed E-state index contributed by atoms with van der Waals surface area (Å²) in [4.78, 5) is 35.3. The Labute approximate surface area is 167 Å². The van der Waals surface area contributed by atoms with E-state index < -0.39 is 18.5 Å². The summed E-state index contributed by atoms with van der Waals surface area (Å²) in [5.74, 6) is 0.0988. The molecule has 1 N–H and O–H groups in total. The summed E-state index contributed by atoms with van der Waals surface area (Å²) in [5.41, 5.74) is 1.30. The van der Waals surface area contributed by atoms with Crippen LogP contribution in [0.3, 0.4) is 0 Å². The predicted molar refractivity (Wildman–Crippen MR) is 106 cm³/mol. The summed E-state index contributed by atoms with van der Waals surface area (Å²) in [6.45, 7) is 6.30. The van der Waals surface area contributed by atoms with Gasteiger partial charge in [0.15, 0.2) is 18.1 Å². The van der Waals surface area contributed by atoms with E-state index in [1.807, 2.05) is 13.8 Å². The van der Waals surface area contributed by atoms with Gasteiger partial charge >= 0.3 is 10.8 Å². The zero-order valence-corrected chi connectivity index (χ0v) is 17.0. The topological polar surface area (TPSA) is 95.9 Å². The van der Waals surface area contributed by atoms with Gasteiger partial charge in [0.25, 0.3) is 5.91 Å². The van der Waals surface area contributed by atoms with Crippen LogP contribution in [0, 0.1) is 6.92 Å². The third kappa shape index (κ3) is 6.12. The van der Waals surface area contributed by atoms with E-state index in [4.69, 9.17) is 14.2 Å². The van der Waals surface area contributed by atoms with Crippen LogP contribution < -0.4 is 19.7 Å². The largest absolute Gasteiger partial charge is 0.490 e. The highest BCUT2D eigenvalue weighted by atomic mass is 32.1. The molecule has 1 amide bonds. The van der Waals surface area contributed by atoms with Crippen molar-refractivity contribution in [3.8, 4) is 11.5 Å². The van der Waals surface area contributed by atoms with Crippen molar-refractivity contribution in [2.45, 2.75) is 33.7 Å². The van der Waals surface area contributed by atoms with Gasteiger partial charge in [-0.2, -0.15) is 0 Å². The number of nitrogens with zero attached hydrogens (tertiary/aromatic N) is 1. The molecule has 0 bridgehead atoms. The Hall–Kier alpha value is -2.81. The van der Waals surface area contributed by atoms with Gasteiger partial charge in [0, 0.05) is 29.4 Å². The van der Waals surface area contributed by atoms with E-state index >= 15 is 0 Å². The van der Waals surface area contributed by atoms with Crippen LogP contribution in [-0.4, -0.2) is 36.3 Å². The fraction of sp³-hybridized carbons (Fsp3) is 0.421. The summed E-state index contributed by atoms with van der Waals surface area (Å²) >= 11 is 1.08. The van der Waals surface area contributed by atoms with E-state index in [1.165, 1.54) is 4.57 Å². The smallest absolute Gasteiger partial charge is 0.308 e. The summed E-state index contributed by atoms with van der Waals surface area (Å²) in [5, 5.41) is 4.38. The first-order chi connectivity index (χ1) is 13.4. The Kier molecular flexibility index (Phi) is 8.06. The zero-order valence-electron chi connectivity index (χ0n) is 16.1. The van der Waals surface area contributed by atoms with Crippen molar-refractivity contribution >= 4 is 28.9 Å². The molecule has 2 aromatic rings. The Morgan fingerprint density at radius 1 is 1.14 bits per heavy atom. The van der Waals surface area contributed by atoms with Gasteiger partial charge in [-0.1, -0.05) is 11.3 Å². The lowest BCUT2D eigenvalue weighted by atomic mass is 10.2. The molecule has 8 nitrogen and oxygen atoms in total. The second-order valence-corrected chi connectivity index (χ2v) is 6.60. The lowest BCUT2D eigenvalue weighted by Gasteiger charge is -2.13. The second kappa shape index (κ2) is 10.5. The summed E-state index contributed by atoms with van der Waals surface area (Å²) in [6, 6.07) is 5.04. The number of carbonyl (C=O) groups excluding carboxylic acids is 2. The Balaban J connectivity index is 1.84. The predicted octanol–water partition coefficient (Wildman–Crippen LogP) is 2.59. The van der Waals surface area contributed by atoms with Gasteiger partial charge in [0.2, 0.25) is 0 Å². The molecule has 1 aromatic carbocycles. The molecular weight excluding hydrogens is 384 g/mol. The monoisotopic (exact) mass is 408 g/mol. The minimum atomic E-state index is -0.547. The molecule has 0 atom stereocenters. The van der Waals surface area contributed by atoms with E-state index in [1.54, 1.807) is 30.5 Å². The van der Waals surface area contributed by atoms with Crippen LogP contribution in [0.2, 0.25) is 0 Å². The number of ether oxygens (including phenoxy) is 3. The van der Waals surface area contributed by atoms with Gasteiger partial charge in [-0.25, -0.2) is 0 Å². The number of benzene rings is 1. The molecule has 0 radical (unpaired) electrons. The number of rotatable bonds is 10. The van der Waals surface area contributed by atoms with Crippen LogP contribution >= 0.6 is 11.3 Å². The summed E-state index contributed by atoms with van der Waals surface area (Å²) < 4.78 is 17.5. The van der Waals surface area contributed by atoms with Gasteiger partial charge in [-0.3, -0.25) is 14.4 Å². The first-order valence-electron chi connectivity index (χ1n) is 8.94. The fourth-order valence-electron chi connectivity index (χ4n) is 2.42. The van der Waals surface area contributed by atoms with Gasteiger partial charge in [0.05, 0.1) is 19.6 Å². The Morgan fingerprint density at radius 3 is 2.50 bits per heavy atom. The first kappa shape index (κ1) is 21.5. The van der Waals surface area contributed by atoms with Crippen LogP contribution in [0.4, 0.5) is 5.69 Å². The van der Waals surface area contributed by atoms with Crippen LogP contribution in [0.1, 0.15) is 26.0 Å². The molecule has 28 heavy (non-hydrogen) atoms. The number of thiazole rings is 1. The lowest BCUT2D eigenvalue weighted by molar-refractivity contribution is -0.147. The maximum atomic E-state index is 12.0. The Bertz CT molecular complexity index is 874. The molecule has 0 unspecified atom stereocenters. The first-order valence-corrected chi connectivity index (χ1v) is 9.82. The molecule has 9 heteroatoms. The third-order valence-corrected chi connectivity index (χ3v) is 4.59. The number of nitrogens with one attached hydrogen (secondary N) is 1. The van der Waals surface area contributed by atoms with Crippen molar-refractivity contribution in [2.75, 3.05) is 25.1 Å². The maximum Gasteiger partial charge on any atom is 0.308 e. The van der Waals surface area contributed by atoms with Crippen LogP contribution in [-0.2, 0) is 20.9 Å². The average Bonchev–Trinajstić information content (AvgIpc) is 2.98. The van der Waals surface area contributed by atoms with Gasteiger partial charge in [-0.15, -0.1) is 0 Å². The highest BCUT2D eigenvalue weighted by Gasteiger charge is 2.12. The summed E-state index contributed by atoms with van der Waals surface area (Å²) in [7, 11) is 0. The molecule has 0 saturated carbocycles. The molecule has 0 saturated heterocycles. The zero-order chi connectivity index (χ0) is 20.5. The van der Waals surface area contributed by atoms with Crippen LogP contribution in [0.25, 0.3) is 0 Å². The van der Waals surface area contributed by atoms with E-state index in [2.05, 4.69) is 5.32 Å². The fourth-order valence-corrected chi connectivity index (χ4v) is 3.18. The van der Waals surface area contributed by atoms with Crippen molar-refractivity contribution in [3.63, 3.8) is 0 Å². The van der Waals surface area contributed by atoms with Crippen molar-refractivity contribution in [1.82, 2.24) is 4.57 Å². The molecule has 1 heterocycles. The van der Waals surface area contributed by atoms with Crippen molar-refractivity contribution in [2.24, 2.45) is 0 Å². The quantitative estimate of drug-likeness (QED) is 0.607. The normalized spacial score (nSPS) is 10.4. The second-order valence-electron chi connectivity index (χ2n) is 5.78. The number of aryl methyl sites for hydroxylation is 1. The molecule has 0 aliphatic rings. The molecule has 152 valence electrons. The lowest BCUT2D eigenvalue weighted by Crippen LogP contribution is -2.22. The van der Waals surface area contributed by atoms with Gasteiger partial charge in [-0.05, 0) is 32.9 Å². The average molecular weight is 408 g/mol. The summed E-state index contributed by atoms with van der Waals surface area (Å²) in [6.07, 6.45) is 0.0162. The number of amides is 1. The number of carbonyl (C=O) groups is 2. The van der Waals surface area contributed by atoms with Crippen molar-refractivity contribution in [3.05, 3.63) is 38.9 Å². The SMILES string of the molecule is CCOc1ccc(NC(=O)COC(=O)CCn2c(C)csc2=O)cc1OCC. The standard InChI is InChI=1S/C19H24N2O6S/c1-4-25-15-7-6-14(10-16(15)26-5-2)20-17(22)11-27-18(23)8-9-21-13(3)12-28-19(21)24/h6-7,10,12H,4-5,8-9,11H2,1-3H3,(H,20,22). The highest BCUT2D eigenvalue weighted by Crippen LogP contribution is 2.30. The van der Waals surface area contributed by atoms with Gasteiger partial charge in [0.1, 0.15) is 0 Å².